The SMILES string of the molecule is COCCC(=O)N1CCc2c(sc(NC(=O)CCc3cc(C)ccc3OC)c2C#N)C1. The van der Waals surface area contributed by atoms with Crippen molar-refractivity contribution in [1.82, 2.24) is 4.90 Å². The molecule has 1 aromatic carbocycles. The highest BCUT2D eigenvalue weighted by atomic mass is 32.1. The third kappa shape index (κ3) is 5.43. The second-order valence-electron chi connectivity index (χ2n) is 7.49. The summed E-state index contributed by atoms with van der Waals surface area (Å²) in [5, 5.41) is 13.1. The fourth-order valence-corrected chi connectivity index (χ4v) is 4.94. The maximum Gasteiger partial charge on any atom is 0.225 e. The molecule has 0 spiro atoms. The van der Waals surface area contributed by atoms with Gasteiger partial charge in [0.2, 0.25) is 11.8 Å². The molecule has 7 nitrogen and oxygen atoms in total. The summed E-state index contributed by atoms with van der Waals surface area (Å²) in [5.74, 6) is 0.657. The topological polar surface area (TPSA) is 91.7 Å². The molecule has 0 bridgehead atoms. The van der Waals surface area contributed by atoms with Crippen molar-refractivity contribution < 1.29 is 19.1 Å². The molecule has 1 aromatic heterocycles. The molecule has 31 heavy (non-hydrogen) atoms. The molecule has 1 aliphatic heterocycles. The maximum absolute atomic E-state index is 12.6. The summed E-state index contributed by atoms with van der Waals surface area (Å²) in [5.41, 5.74) is 3.55. The molecule has 164 valence electrons. The van der Waals surface area contributed by atoms with Crippen LogP contribution in [-0.2, 0) is 33.7 Å². The summed E-state index contributed by atoms with van der Waals surface area (Å²) < 4.78 is 10.4. The fourth-order valence-electron chi connectivity index (χ4n) is 3.71. The standard InChI is InChI=1S/C23H27N3O4S/c1-15-4-6-19(30-3)16(12-15)5-7-21(27)25-23-18(13-24)17-8-10-26(14-20(17)31-23)22(28)9-11-29-2/h4,6,12H,5,7-11,14H2,1-3H3,(H,25,27). The molecule has 2 heterocycles. The van der Waals surface area contributed by atoms with Crippen LogP contribution in [-0.4, -0.2) is 44.1 Å². The minimum atomic E-state index is -0.147. The third-order valence-electron chi connectivity index (χ3n) is 5.35. The fraction of sp³-hybridized carbons (Fsp3) is 0.435. The van der Waals surface area contributed by atoms with Crippen LogP contribution in [0.25, 0.3) is 0 Å². The molecule has 0 unspecified atom stereocenters. The molecule has 1 aliphatic rings. The first-order chi connectivity index (χ1) is 15.0. The first kappa shape index (κ1) is 22.8. The Kier molecular flexibility index (Phi) is 7.66. The molecule has 2 aromatic rings. The molecule has 3 rings (SSSR count). The normalized spacial score (nSPS) is 12.8. The average Bonchev–Trinajstić information content (AvgIpc) is 3.11. The van der Waals surface area contributed by atoms with Crippen LogP contribution in [0.15, 0.2) is 18.2 Å². The van der Waals surface area contributed by atoms with Crippen molar-refractivity contribution in [2.24, 2.45) is 0 Å². The molecular weight excluding hydrogens is 414 g/mol. The van der Waals surface area contributed by atoms with Gasteiger partial charge in [-0.2, -0.15) is 5.26 Å². The second kappa shape index (κ2) is 10.4. The van der Waals surface area contributed by atoms with E-state index in [-0.39, 0.29) is 18.2 Å². The van der Waals surface area contributed by atoms with E-state index in [1.54, 1.807) is 19.1 Å². The molecule has 0 atom stereocenters. The summed E-state index contributed by atoms with van der Waals surface area (Å²) in [6, 6.07) is 8.14. The van der Waals surface area contributed by atoms with E-state index < -0.39 is 0 Å². The van der Waals surface area contributed by atoms with Crippen LogP contribution in [0, 0.1) is 18.3 Å². The molecule has 0 saturated carbocycles. The van der Waals surface area contributed by atoms with Crippen molar-refractivity contribution in [1.29, 1.82) is 5.26 Å². The Morgan fingerprint density at radius 2 is 2.10 bits per heavy atom. The Hall–Kier alpha value is -2.89. The van der Waals surface area contributed by atoms with Gasteiger partial charge in [0.15, 0.2) is 0 Å². The average molecular weight is 442 g/mol. The number of ether oxygens (including phenoxy) is 2. The van der Waals surface area contributed by atoms with Crippen molar-refractivity contribution in [2.75, 3.05) is 32.7 Å². The second-order valence-corrected chi connectivity index (χ2v) is 8.60. The van der Waals surface area contributed by atoms with Gasteiger partial charge in [-0.1, -0.05) is 17.7 Å². The Labute approximate surface area is 186 Å². The maximum atomic E-state index is 12.6. The lowest BCUT2D eigenvalue weighted by atomic mass is 10.0. The van der Waals surface area contributed by atoms with Crippen molar-refractivity contribution in [3.8, 4) is 11.8 Å². The monoisotopic (exact) mass is 441 g/mol. The molecule has 8 heteroatoms. The third-order valence-corrected chi connectivity index (χ3v) is 6.48. The van der Waals surface area contributed by atoms with Crippen molar-refractivity contribution in [3.05, 3.63) is 45.3 Å². The molecule has 2 amide bonds. The number of fused-ring (bicyclic) bond motifs is 1. The minimum absolute atomic E-state index is 0.0390. The smallest absolute Gasteiger partial charge is 0.225 e. The van der Waals surface area contributed by atoms with E-state index >= 15 is 0 Å². The summed E-state index contributed by atoms with van der Waals surface area (Å²) in [4.78, 5) is 27.7. The number of amides is 2. The summed E-state index contributed by atoms with van der Waals surface area (Å²) in [7, 11) is 3.19. The number of nitrogens with zero attached hydrogens (tertiary/aromatic N) is 2. The van der Waals surface area contributed by atoms with Gasteiger partial charge in [0.1, 0.15) is 16.8 Å². The lowest BCUT2D eigenvalue weighted by Gasteiger charge is -2.27. The van der Waals surface area contributed by atoms with Gasteiger partial charge in [-0.15, -0.1) is 11.3 Å². The number of aryl methyl sites for hydroxylation is 2. The number of carbonyl (C=O) groups excluding carboxylic acids is 2. The summed E-state index contributed by atoms with van der Waals surface area (Å²) >= 11 is 1.39. The number of benzene rings is 1. The van der Waals surface area contributed by atoms with E-state index in [1.165, 1.54) is 11.3 Å². The van der Waals surface area contributed by atoms with Gasteiger partial charge in [-0.25, -0.2) is 0 Å². The van der Waals surface area contributed by atoms with Crippen LogP contribution in [0.1, 0.15) is 40.0 Å². The van der Waals surface area contributed by atoms with Crippen LogP contribution >= 0.6 is 11.3 Å². The predicted octanol–water partition coefficient (Wildman–Crippen LogP) is 3.43. The van der Waals surface area contributed by atoms with Crippen molar-refractivity contribution >= 4 is 28.2 Å². The van der Waals surface area contributed by atoms with Gasteiger partial charge in [-0.05, 0) is 37.0 Å². The highest BCUT2D eigenvalue weighted by Crippen LogP contribution is 2.37. The van der Waals surface area contributed by atoms with E-state index in [1.807, 2.05) is 25.1 Å². The van der Waals surface area contributed by atoms with Crippen LogP contribution in [0.5, 0.6) is 5.75 Å². The quantitative estimate of drug-likeness (QED) is 0.678. The van der Waals surface area contributed by atoms with E-state index in [9.17, 15) is 14.9 Å². The number of carbonyl (C=O) groups is 2. The predicted molar refractivity (Wildman–Crippen MR) is 119 cm³/mol. The minimum Gasteiger partial charge on any atom is -0.496 e. The zero-order chi connectivity index (χ0) is 22.4. The number of hydrogen-bond acceptors (Lipinski definition) is 6. The molecule has 0 radical (unpaired) electrons. The molecule has 0 saturated heterocycles. The van der Waals surface area contributed by atoms with Crippen molar-refractivity contribution in [3.63, 3.8) is 0 Å². The van der Waals surface area contributed by atoms with E-state index in [4.69, 9.17) is 9.47 Å². The highest BCUT2D eigenvalue weighted by Gasteiger charge is 2.27. The Balaban J connectivity index is 1.67. The van der Waals surface area contributed by atoms with Crippen LogP contribution in [0.3, 0.4) is 0 Å². The lowest BCUT2D eigenvalue weighted by Crippen LogP contribution is -2.35. The van der Waals surface area contributed by atoms with Gasteiger partial charge >= 0.3 is 0 Å². The number of methoxy groups -OCH3 is 2. The largest absolute Gasteiger partial charge is 0.496 e. The van der Waals surface area contributed by atoms with Gasteiger partial charge < -0.3 is 19.7 Å². The van der Waals surface area contributed by atoms with E-state index in [0.717, 1.165) is 27.3 Å². The summed E-state index contributed by atoms with van der Waals surface area (Å²) in [6.07, 6.45) is 1.79. The highest BCUT2D eigenvalue weighted by molar-refractivity contribution is 7.16. The zero-order valence-corrected chi connectivity index (χ0v) is 18.9. The van der Waals surface area contributed by atoms with Gasteiger partial charge in [-0.3, -0.25) is 9.59 Å². The van der Waals surface area contributed by atoms with Gasteiger partial charge in [0.05, 0.1) is 32.2 Å². The van der Waals surface area contributed by atoms with Gasteiger partial charge in [0, 0.05) is 25.0 Å². The molecule has 0 aliphatic carbocycles. The number of rotatable bonds is 8. The van der Waals surface area contributed by atoms with E-state index in [2.05, 4.69) is 11.4 Å². The number of thiophene rings is 1. The Morgan fingerprint density at radius 3 is 2.81 bits per heavy atom. The zero-order valence-electron chi connectivity index (χ0n) is 18.1. The molecule has 0 fully saturated rings. The Morgan fingerprint density at radius 1 is 1.29 bits per heavy atom. The molecular formula is C23H27N3O4S. The van der Waals surface area contributed by atoms with Crippen LogP contribution < -0.4 is 10.1 Å². The van der Waals surface area contributed by atoms with Crippen LogP contribution in [0.4, 0.5) is 5.00 Å². The van der Waals surface area contributed by atoms with Crippen LogP contribution in [0.2, 0.25) is 0 Å². The first-order valence-electron chi connectivity index (χ1n) is 10.2. The van der Waals surface area contributed by atoms with E-state index in [0.29, 0.717) is 49.5 Å². The number of nitrogens with one attached hydrogen (secondary N) is 1. The first-order valence-corrected chi connectivity index (χ1v) is 11.0. The molecule has 1 N–H and O–H groups in total. The summed E-state index contributed by atoms with van der Waals surface area (Å²) in [6.45, 7) is 3.43. The number of nitriles is 1. The lowest BCUT2D eigenvalue weighted by molar-refractivity contribution is -0.133. The number of hydrogen-bond donors (Lipinski definition) is 1. The Bertz CT molecular complexity index is 1010. The van der Waals surface area contributed by atoms with Crippen molar-refractivity contribution in [2.45, 2.75) is 39.2 Å². The van der Waals surface area contributed by atoms with Gasteiger partial charge in [0.25, 0.3) is 0 Å². The number of anilines is 1.